The molecule has 0 bridgehead atoms. The van der Waals surface area contributed by atoms with Crippen LogP contribution in [-0.4, -0.2) is 68.3 Å². The van der Waals surface area contributed by atoms with Crippen LogP contribution in [0.25, 0.3) is 11.0 Å². The lowest BCUT2D eigenvalue weighted by Crippen LogP contribution is -2.49. The van der Waals surface area contributed by atoms with Gasteiger partial charge >= 0.3 is 0 Å². The Balaban J connectivity index is 1.27. The van der Waals surface area contributed by atoms with E-state index in [0.717, 1.165) is 37.3 Å². The minimum absolute atomic E-state index is 0.129. The highest BCUT2D eigenvalue weighted by molar-refractivity contribution is 5.97. The van der Waals surface area contributed by atoms with Gasteiger partial charge in [0.1, 0.15) is 18.5 Å². The first-order valence-electron chi connectivity index (χ1n) is 10.5. The molecular weight excluding hydrogens is 396 g/mol. The van der Waals surface area contributed by atoms with Gasteiger partial charge in [0.2, 0.25) is 0 Å². The van der Waals surface area contributed by atoms with Gasteiger partial charge in [-0.25, -0.2) is 0 Å². The van der Waals surface area contributed by atoms with E-state index in [-0.39, 0.29) is 12.4 Å². The Morgan fingerprint density at radius 3 is 2.55 bits per heavy atom. The van der Waals surface area contributed by atoms with Gasteiger partial charge < -0.3 is 23.9 Å². The fourth-order valence-corrected chi connectivity index (χ4v) is 3.84. The van der Waals surface area contributed by atoms with E-state index in [9.17, 15) is 9.90 Å². The van der Waals surface area contributed by atoms with Gasteiger partial charge in [-0.2, -0.15) is 0 Å². The SMILES string of the molecule is COc1ccc(N2CCN(CC(O)COc3cccc4cc(C(C)=O)oc34)CC2)cc1. The van der Waals surface area contributed by atoms with Crippen molar-refractivity contribution in [3.8, 4) is 11.5 Å². The molecule has 0 spiro atoms. The number of methoxy groups -OCH3 is 1. The number of hydrogen-bond donors (Lipinski definition) is 1. The van der Waals surface area contributed by atoms with Crippen molar-refractivity contribution in [1.29, 1.82) is 0 Å². The molecule has 1 N–H and O–H groups in total. The van der Waals surface area contributed by atoms with Crippen LogP contribution in [-0.2, 0) is 0 Å². The molecule has 0 aliphatic carbocycles. The molecule has 0 saturated carbocycles. The largest absolute Gasteiger partial charge is 0.497 e. The highest BCUT2D eigenvalue weighted by atomic mass is 16.5. The molecule has 0 amide bonds. The first-order valence-corrected chi connectivity index (χ1v) is 10.5. The number of β-amino-alcohol motifs (C(OH)–C–C–N with tert-alkyl or cyclic N) is 1. The number of hydrogen-bond acceptors (Lipinski definition) is 7. The summed E-state index contributed by atoms with van der Waals surface area (Å²) >= 11 is 0. The van der Waals surface area contributed by atoms with Crippen molar-refractivity contribution < 1.29 is 23.8 Å². The summed E-state index contributed by atoms with van der Waals surface area (Å²) in [4.78, 5) is 16.1. The fraction of sp³-hybridized carbons (Fsp3) is 0.375. The summed E-state index contributed by atoms with van der Waals surface area (Å²) < 4.78 is 16.7. The van der Waals surface area contributed by atoms with Crippen LogP contribution in [0.4, 0.5) is 5.69 Å². The summed E-state index contributed by atoms with van der Waals surface area (Å²) in [5.41, 5.74) is 1.72. The minimum Gasteiger partial charge on any atom is -0.497 e. The highest BCUT2D eigenvalue weighted by Crippen LogP contribution is 2.29. The fourth-order valence-electron chi connectivity index (χ4n) is 3.84. The summed E-state index contributed by atoms with van der Waals surface area (Å²) in [5, 5.41) is 11.3. The maximum absolute atomic E-state index is 11.6. The van der Waals surface area contributed by atoms with Crippen molar-refractivity contribution >= 4 is 22.4 Å². The zero-order chi connectivity index (χ0) is 21.8. The Labute approximate surface area is 181 Å². The minimum atomic E-state index is -0.620. The van der Waals surface area contributed by atoms with Crippen molar-refractivity contribution in [2.45, 2.75) is 13.0 Å². The van der Waals surface area contributed by atoms with Gasteiger partial charge in [-0.05, 0) is 36.4 Å². The number of fused-ring (bicyclic) bond motifs is 1. The summed E-state index contributed by atoms with van der Waals surface area (Å²) in [7, 11) is 1.67. The molecule has 3 aromatic rings. The molecule has 4 rings (SSSR count). The van der Waals surface area contributed by atoms with Gasteiger partial charge in [-0.3, -0.25) is 9.69 Å². The average molecular weight is 424 g/mol. The Morgan fingerprint density at radius 2 is 1.87 bits per heavy atom. The molecule has 1 fully saturated rings. The Hall–Kier alpha value is -3.03. The second-order valence-corrected chi connectivity index (χ2v) is 7.79. The molecule has 1 aromatic heterocycles. The van der Waals surface area contributed by atoms with Gasteiger partial charge in [0.25, 0.3) is 0 Å². The molecule has 7 nitrogen and oxygen atoms in total. The molecule has 1 unspecified atom stereocenters. The van der Waals surface area contributed by atoms with E-state index in [4.69, 9.17) is 13.9 Å². The molecule has 164 valence electrons. The van der Waals surface area contributed by atoms with E-state index < -0.39 is 6.10 Å². The van der Waals surface area contributed by atoms with Crippen LogP contribution >= 0.6 is 0 Å². The molecule has 1 aliphatic heterocycles. The first kappa shape index (κ1) is 21.2. The van der Waals surface area contributed by atoms with E-state index in [1.165, 1.54) is 12.6 Å². The second kappa shape index (κ2) is 9.41. The zero-order valence-corrected chi connectivity index (χ0v) is 17.9. The first-order chi connectivity index (χ1) is 15.0. The quantitative estimate of drug-likeness (QED) is 0.557. The van der Waals surface area contributed by atoms with E-state index >= 15 is 0 Å². The summed E-state index contributed by atoms with van der Waals surface area (Å²) in [5.74, 6) is 1.57. The number of nitrogens with zero attached hydrogens (tertiary/aromatic N) is 2. The van der Waals surface area contributed by atoms with Crippen molar-refractivity contribution in [3.63, 3.8) is 0 Å². The molecule has 1 saturated heterocycles. The zero-order valence-electron chi connectivity index (χ0n) is 17.9. The van der Waals surface area contributed by atoms with E-state index in [0.29, 0.717) is 23.6 Å². The molecule has 2 aromatic carbocycles. The van der Waals surface area contributed by atoms with Crippen molar-refractivity contribution in [3.05, 3.63) is 54.3 Å². The number of ether oxygens (including phenoxy) is 2. The summed E-state index contributed by atoms with van der Waals surface area (Å²) in [6.45, 7) is 5.73. The number of rotatable bonds is 8. The normalized spacial score (nSPS) is 15.8. The number of carbonyl (C=O) groups excluding carboxylic acids is 1. The lowest BCUT2D eigenvalue weighted by Gasteiger charge is -2.36. The average Bonchev–Trinajstić information content (AvgIpc) is 3.24. The van der Waals surface area contributed by atoms with Gasteiger partial charge in [-0.15, -0.1) is 0 Å². The van der Waals surface area contributed by atoms with Crippen LogP contribution in [0.2, 0.25) is 0 Å². The Kier molecular flexibility index (Phi) is 6.44. The lowest BCUT2D eigenvalue weighted by atomic mass is 10.2. The molecule has 1 aliphatic rings. The number of Topliss-reactive ketones (excluding diaryl/α,β-unsaturated/α-hetero) is 1. The third kappa shape index (κ3) is 5.00. The molecule has 7 heteroatoms. The van der Waals surface area contributed by atoms with Gasteiger partial charge in [0, 0.05) is 50.7 Å². The van der Waals surface area contributed by atoms with Crippen LogP contribution in [0.15, 0.2) is 52.9 Å². The van der Waals surface area contributed by atoms with Crippen LogP contribution in [0.1, 0.15) is 17.5 Å². The van der Waals surface area contributed by atoms with Crippen molar-refractivity contribution in [2.75, 3.05) is 51.3 Å². The van der Waals surface area contributed by atoms with Crippen LogP contribution in [0.5, 0.6) is 11.5 Å². The highest BCUT2D eigenvalue weighted by Gasteiger charge is 2.20. The number of benzene rings is 2. The van der Waals surface area contributed by atoms with Gasteiger partial charge in [0.15, 0.2) is 22.9 Å². The number of aliphatic hydroxyl groups is 1. The number of carbonyl (C=O) groups is 1. The Bertz CT molecular complexity index is 1020. The van der Waals surface area contributed by atoms with Gasteiger partial charge in [0.05, 0.1) is 7.11 Å². The number of piperazine rings is 1. The van der Waals surface area contributed by atoms with Crippen molar-refractivity contribution in [1.82, 2.24) is 4.90 Å². The second-order valence-electron chi connectivity index (χ2n) is 7.79. The molecule has 0 radical (unpaired) electrons. The van der Waals surface area contributed by atoms with E-state index in [2.05, 4.69) is 21.9 Å². The number of aliphatic hydroxyl groups excluding tert-OH is 1. The standard InChI is InChI=1S/C24H28N2O5/c1-17(27)23-14-18-4-3-5-22(24(18)31-23)30-16-20(28)15-25-10-12-26(13-11-25)19-6-8-21(29-2)9-7-19/h3-9,14,20,28H,10-13,15-16H2,1-2H3. The molecule has 31 heavy (non-hydrogen) atoms. The van der Waals surface area contributed by atoms with Crippen LogP contribution in [0.3, 0.4) is 0 Å². The Morgan fingerprint density at radius 1 is 1.13 bits per heavy atom. The lowest BCUT2D eigenvalue weighted by molar-refractivity contribution is 0.0664. The van der Waals surface area contributed by atoms with Crippen LogP contribution in [0, 0.1) is 0 Å². The number of para-hydroxylation sites is 1. The monoisotopic (exact) mass is 424 g/mol. The third-order valence-electron chi connectivity index (χ3n) is 5.57. The third-order valence-corrected chi connectivity index (χ3v) is 5.57. The molecule has 2 heterocycles. The maximum Gasteiger partial charge on any atom is 0.194 e. The number of ketones is 1. The predicted octanol–water partition coefficient (Wildman–Crippen LogP) is 3.21. The van der Waals surface area contributed by atoms with E-state index in [1.807, 2.05) is 24.3 Å². The smallest absolute Gasteiger partial charge is 0.194 e. The number of anilines is 1. The predicted molar refractivity (Wildman–Crippen MR) is 119 cm³/mol. The summed E-state index contributed by atoms with van der Waals surface area (Å²) in [6, 6.07) is 15.3. The van der Waals surface area contributed by atoms with Gasteiger partial charge in [-0.1, -0.05) is 12.1 Å². The maximum atomic E-state index is 11.6. The molecule has 1 atom stereocenters. The van der Waals surface area contributed by atoms with Crippen molar-refractivity contribution in [2.24, 2.45) is 0 Å². The van der Waals surface area contributed by atoms with E-state index in [1.54, 1.807) is 19.2 Å². The number of furan rings is 1. The summed E-state index contributed by atoms with van der Waals surface area (Å²) in [6.07, 6.45) is -0.620. The molecular formula is C24H28N2O5. The van der Waals surface area contributed by atoms with Crippen LogP contribution < -0.4 is 14.4 Å². The topological polar surface area (TPSA) is 75.4 Å².